The molecule has 1 aromatic heterocycles. The molecule has 1 amide bonds. The summed E-state index contributed by atoms with van der Waals surface area (Å²) < 4.78 is 5.14. The molecule has 0 saturated carbocycles. The van der Waals surface area contributed by atoms with E-state index in [0.717, 1.165) is 16.5 Å². The van der Waals surface area contributed by atoms with Crippen molar-refractivity contribution in [2.45, 2.75) is 13.8 Å². The van der Waals surface area contributed by atoms with Crippen molar-refractivity contribution < 1.29 is 19.2 Å². The lowest BCUT2D eigenvalue weighted by molar-refractivity contribution is -0.384. The van der Waals surface area contributed by atoms with E-state index in [2.05, 4.69) is 10.3 Å². The molecule has 0 aliphatic rings. The van der Waals surface area contributed by atoms with E-state index in [0.29, 0.717) is 16.9 Å². The predicted octanol–water partition coefficient (Wildman–Crippen LogP) is 3.56. The minimum atomic E-state index is -0.632. The zero-order chi connectivity index (χ0) is 20.3. The van der Waals surface area contributed by atoms with Crippen LogP contribution in [0.15, 0.2) is 48.5 Å². The van der Waals surface area contributed by atoms with Gasteiger partial charge in [0.2, 0.25) is 0 Å². The number of nitrogens with zero attached hydrogens (tertiary/aromatic N) is 2. The van der Waals surface area contributed by atoms with Gasteiger partial charge in [-0.25, -0.2) is 4.79 Å². The van der Waals surface area contributed by atoms with E-state index >= 15 is 0 Å². The number of benzene rings is 2. The van der Waals surface area contributed by atoms with Gasteiger partial charge in [0.25, 0.3) is 11.6 Å². The van der Waals surface area contributed by atoms with Crippen molar-refractivity contribution >= 4 is 34.2 Å². The third-order valence-electron chi connectivity index (χ3n) is 4.23. The quantitative estimate of drug-likeness (QED) is 0.412. The Hall–Kier alpha value is -3.81. The van der Waals surface area contributed by atoms with Gasteiger partial charge in [-0.2, -0.15) is 0 Å². The molecular formula is C20H17N3O5. The Morgan fingerprint density at radius 3 is 2.46 bits per heavy atom. The van der Waals surface area contributed by atoms with Crippen LogP contribution in [0.2, 0.25) is 0 Å². The number of pyridine rings is 1. The van der Waals surface area contributed by atoms with Crippen molar-refractivity contribution in [2.75, 3.05) is 11.9 Å². The maximum atomic E-state index is 12.5. The average Bonchev–Trinajstić information content (AvgIpc) is 2.67. The molecule has 0 bridgehead atoms. The van der Waals surface area contributed by atoms with E-state index in [1.54, 1.807) is 6.92 Å². The smallest absolute Gasteiger partial charge is 0.340 e. The highest BCUT2D eigenvalue weighted by Gasteiger charge is 2.19. The standard InChI is InChI=1S/C20H17N3O5/c1-12-16-5-3-4-6-17(16)21-13(2)19(12)20(25)28-11-18(24)22-14-7-9-15(10-8-14)23(26)27/h3-10H,11H2,1-2H3,(H,22,24). The molecule has 0 radical (unpaired) electrons. The molecule has 0 aliphatic carbocycles. The van der Waals surface area contributed by atoms with E-state index in [1.807, 2.05) is 31.2 Å². The van der Waals surface area contributed by atoms with E-state index in [9.17, 15) is 19.7 Å². The molecule has 0 spiro atoms. The van der Waals surface area contributed by atoms with Gasteiger partial charge in [0, 0.05) is 23.2 Å². The number of carbonyl (C=O) groups excluding carboxylic acids is 2. The second-order valence-electron chi connectivity index (χ2n) is 6.14. The molecule has 1 heterocycles. The van der Waals surface area contributed by atoms with Crippen molar-refractivity contribution in [3.05, 3.63) is 75.5 Å². The highest BCUT2D eigenvalue weighted by atomic mass is 16.6. The number of hydrogen-bond donors (Lipinski definition) is 1. The van der Waals surface area contributed by atoms with Crippen LogP contribution in [0.3, 0.4) is 0 Å². The zero-order valence-electron chi connectivity index (χ0n) is 15.3. The highest BCUT2D eigenvalue weighted by molar-refractivity contribution is 6.00. The van der Waals surface area contributed by atoms with Crippen LogP contribution in [0.4, 0.5) is 11.4 Å². The Morgan fingerprint density at radius 1 is 1.11 bits per heavy atom. The van der Waals surface area contributed by atoms with E-state index in [4.69, 9.17) is 4.74 Å². The van der Waals surface area contributed by atoms with Crippen molar-refractivity contribution in [2.24, 2.45) is 0 Å². The summed E-state index contributed by atoms with van der Waals surface area (Å²) in [6.07, 6.45) is 0. The first-order valence-electron chi connectivity index (χ1n) is 8.44. The fourth-order valence-corrected chi connectivity index (χ4v) is 2.90. The lowest BCUT2D eigenvalue weighted by atomic mass is 10.0. The van der Waals surface area contributed by atoms with Crippen LogP contribution in [0.25, 0.3) is 10.9 Å². The first-order chi connectivity index (χ1) is 13.4. The third-order valence-corrected chi connectivity index (χ3v) is 4.23. The molecule has 2 aromatic carbocycles. The first-order valence-corrected chi connectivity index (χ1v) is 8.44. The number of carbonyl (C=O) groups is 2. The van der Waals surface area contributed by atoms with Crippen LogP contribution in [0, 0.1) is 24.0 Å². The van der Waals surface area contributed by atoms with Crippen LogP contribution in [-0.4, -0.2) is 28.4 Å². The molecule has 1 N–H and O–H groups in total. The first kappa shape index (κ1) is 19.0. The van der Waals surface area contributed by atoms with Gasteiger partial charge in [-0.1, -0.05) is 18.2 Å². The van der Waals surface area contributed by atoms with Crippen LogP contribution in [0.5, 0.6) is 0 Å². The highest BCUT2D eigenvalue weighted by Crippen LogP contribution is 2.23. The fourth-order valence-electron chi connectivity index (χ4n) is 2.90. The number of aromatic nitrogens is 1. The zero-order valence-corrected chi connectivity index (χ0v) is 15.3. The number of nitro groups is 1. The van der Waals surface area contributed by atoms with Crippen LogP contribution < -0.4 is 5.32 Å². The Labute approximate surface area is 160 Å². The summed E-state index contributed by atoms with van der Waals surface area (Å²) >= 11 is 0. The molecule has 0 saturated heterocycles. The number of hydrogen-bond acceptors (Lipinski definition) is 6. The summed E-state index contributed by atoms with van der Waals surface area (Å²) in [4.78, 5) is 39.0. The predicted molar refractivity (Wildman–Crippen MR) is 103 cm³/mol. The Morgan fingerprint density at radius 2 is 1.79 bits per heavy atom. The molecule has 0 unspecified atom stereocenters. The number of rotatable bonds is 5. The maximum absolute atomic E-state index is 12.5. The normalized spacial score (nSPS) is 10.5. The largest absolute Gasteiger partial charge is 0.452 e. The SMILES string of the molecule is Cc1nc2ccccc2c(C)c1C(=O)OCC(=O)Nc1ccc([N+](=O)[O-])cc1. The maximum Gasteiger partial charge on any atom is 0.340 e. The number of anilines is 1. The molecule has 3 rings (SSSR count). The molecule has 28 heavy (non-hydrogen) atoms. The van der Waals surface area contributed by atoms with Crippen LogP contribution in [0.1, 0.15) is 21.6 Å². The van der Waals surface area contributed by atoms with Gasteiger partial charge in [0.05, 0.1) is 21.7 Å². The summed E-state index contributed by atoms with van der Waals surface area (Å²) in [6, 6.07) is 12.8. The van der Waals surface area contributed by atoms with E-state index in [-0.39, 0.29) is 5.69 Å². The molecule has 8 heteroatoms. The molecular weight excluding hydrogens is 362 g/mol. The van der Waals surface area contributed by atoms with Gasteiger partial charge >= 0.3 is 5.97 Å². The van der Waals surface area contributed by atoms with Crippen LogP contribution >= 0.6 is 0 Å². The molecule has 142 valence electrons. The molecule has 8 nitrogen and oxygen atoms in total. The minimum absolute atomic E-state index is 0.0841. The summed E-state index contributed by atoms with van der Waals surface area (Å²) in [6.45, 7) is 3.04. The number of aryl methyl sites for hydroxylation is 2. The van der Waals surface area contributed by atoms with Gasteiger partial charge in [-0.3, -0.25) is 19.9 Å². The van der Waals surface area contributed by atoms with E-state index in [1.165, 1.54) is 24.3 Å². The summed E-state index contributed by atoms with van der Waals surface area (Å²) in [5, 5.41) is 14.0. The third kappa shape index (κ3) is 3.96. The van der Waals surface area contributed by atoms with Crippen molar-refractivity contribution in [3.8, 4) is 0 Å². The van der Waals surface area contributed by atoms with Gasteiger partial charge in [-0.15, -0.1) is 0 Å². The van der Waals surface area contributed by atoms with Crippen molar-refractivity contribution in [1.82, 2.24) is 4.98 Å². The molecule has 3 aromatic rings. The molecule has 0 fully saturated rings. The van der Waals surface area contributed by atoms with Crippen LogP contribution in [-0.2, 0) is 9.53 Å². The number of amides is 1. The van der Waals surface area contributed by atoms with Gasteiger partial charge in [0.1, 0.15) is 0 Å². The fraction of sp³-hybridized carbons (Fsp3) is 0.150. The number of nitrogens with one attached hydrogen (secondary N) is 1. The lowest BCUT2D eigenvalue weighted by Gasteiger charge is -2.12. The minimum Gasteiger partial charge on any atom is -0.452 e. The van der Waals surface area contributed by atoms with Gasteiger partial charge < -0.3 is 10.1 Å². The number of ether oxygens (including phenoxy) is 1. The van der Waals surface area contributed by atoms with Gasteiger partial charge in [-0.05, 0) is 37.6 Å². The van der Waals surface area contributed by atoms with Crippen molar-refractivity contribution in [3.63, 3.8) is 0 Å². The van der Waals surface area contributed by atoms with Gasteiger partial charge in [0.15, 0.2) is 6.61 Å². The number of fused-ring (bicyclic) bond motifs is 1. The average molecular weight is 379 g/mol. The Kier molecular flexibility index (Phi) is 5.30. The monoisotopic (exact) mass is 379 g/mol. The van der Waals surface area contributed by atoms with Crippen molar-refractivity contribution in [1.29, 1.82) is 0 Å². The molecule has 0 atom stereocenters. The number of non-ortho nitro benzene ring substituents is 1. The summed E-state index contributed by atoms with van der Waals surface area (Å²) in [5.74, 6) is -1.18. The number of para-hydroxylation sites is 1. The Bertz CT molecular complexity index is 1080. The lowest BCUT2D eigenvalue weighted by Crippen LogP contribution is -2.22. The second-order valence-corrected chi connectivity index (χ2v) is 6.14. The number of nitro benzene ring substituents is 1. The summed E-state index contributed by atoms with van der Waals surface area (Å²) in [5.41, 5.74) is 2.67. The summed E-state index contributed by atoms with van der Waals surface area (Å²) in [7, 11) is 0. The Balaban J connectivity index is 1.67. The van der Waals surface area contributed by atoms with E-state index < -0.39 is 23.4 Å². The number of esters is 1. The second kappa shape index (κ2) is 7.83. The topological polar surface area (TPSA) is 111 Å². The molecule has 0 aliphatic heterocycles.